The molecule has 0 aromatic heterocycles. The summed E-state index contributed by atoms with van der Waals surface area (Å²) >= 11 is 0. The fraction of sp³-hybridized carbons (Fsp3) is 0.929. The van der Waals surface area contributed by atoms with Gasteiger partial charge in [-0.3, -0.25) is 4.79 Å². The molecule has 1 atom stereocenters. The Morgan fingerprint density at radius 3 is 2.47 bits per heavy atom. The molecule has 5 heteroatoms. The van der Waals surface area contributed by atoms with Crippen LogP contribution in [0.25, 0.3) is 0 Å². The van der Waals surface area contributed by atoms with Crippen LogP contribution in [0.1, 0.15) is 45.4 Å². The van der Waals surface area contributed by atoms with E-state index in [1.165, 1.54) is 12.8 Å². The molecule has 1 saturated carbocycles. The monoisotopic (exact) mass is 288 g/mol. The molecule has 1 spiro atoms. The summed E-state index contributed by atoms with van der Waals surface area (Å²) < 4.78 is 6.09. The van der Waals surface area contributed by atoms with Gasteiger partial charge in [0.05, 0.1) is 5.60 Å². The van der Waals surface area contributed by atoms with E-state index in [0.717, 1.165) is 45.4 Å². The molecule has 19 heavy (non-hydrogen) atoms. The quantitative estimate of drug-likeness (QED) is 0.841. The fourth-order valence-electron chi connectivity index (χ4n) is 3.64. The third-order valence-electron chi connectivity index (χ3n) is 4.68. The van der Waals surface area contributed by atoms with Crippen LogP contribution in [0, 0.1) is 0 Å². The van der Waals surface area contributed by atoms with Crippen molar-refractivity contribution in [2.45, 2.75) is 63.1 Å². The van der Waals surface area contributed by atoms with Crippen LogP contribution in [0.3, 0.4) is 0 Å². The zero-order valence-corrected chi connectivity index (χ0v) is 12.5. The molecule has 2 heterocycles. The number of carbonyl (C=O) groups excluding carboxylic acids is 1. The van der Waals surface area contributed by atoms with Crippen LogP contribution < -0.4 is 5.32 Å². The minimum atomic E-state index is 0. The van der Waals surface area contributed by atoms with E-state index >= 15 is 0 Å². The van der Waals surface area contributed by atoms with Crippen molar-refractivity contribution >= 4 is 18.3 Å². The number of hydrogen-bond acceptors (Lipinski definition) is 3. The van der Waals surface area contributed by atoms with Gasteiger partial charge in [-0.25, -0.2) is 0 Å². The molecule has 2 saturated heterocycles. The largest absolute Gasteiger partial charge is 0.375 e. The lowest BCUT2D eigenvalue weighted by Crippen LogP contribution is -2.54. The van der Waals surface area contributed by atoms with Crippen LogP contribution >= 0.6 is 12.4 Å². The van der Waals surface area contributed by atoms with Gasteiger partial charge >= 0.3 is 0 Å². The number of hydrogen-bond donors (Lipinski definition) is 1. The Morgan fingerprint density at radius 1 is 1.21 bits per heavy atom. The minimum absolute atomic E-state index is 0. The average molecular weight is 289 g/mol. The molecule has 1 amide bonds. The Hall–Kier alpha value is -0.320. The van der Waals surface area contributed by atoms with E-state index in [1.54, 1.807) is 6.92 Å². The zero-order chi connectivity index (χ0) is 12.6. The Labute approximate surface area is 121 Å². The number of piperidine rings is 1. The van der Waals surface area contributed by atoms with Gasteiger partial charge < -0.3 is 15.0 Å². The van der Waals surface area contributed by atoms with Crippen molar-refractivity contribution in [3.05, 3.63) is 0 Å². The van der Waals surface area contributed by atoms with Crippen LogP contribution in [0.4, 0.5) is 0 Å². The maximum Gasteiger partial charge on any atom is 0.219 e. The van der Waals surface area contributed by atoms with Crippen LogP contribution in [-0.4, -0.2) is 48.2 Å². The zero-order valence-electron chi connectivity index (χ0n) is 11.7. The van der Waals surface area contributed by atoms with E-state index in [-0.39, 0.29) is 23.9 Å². The Morgan fingerprint density at radius 2 is 1.89 bits per heavy atom. The topological polar surface area (TPSA) is 41.6 Å². The van der Waals surface area contributed by atoms with Gasteiger partial charge in [0, 0.05) is 25.6 Å². The Balaban J connectivity index is 0.00000133. The maximum atomic E-state index is 11.9. The van der Waals surface area contributed by atoms with Crippen molar-refractivity contribution in [1.29, 1.82) is 0 Å². The Kier molecular flexibility index (Phi) is 4.75. The SMILES string of the molecule is CC(=O)N(C1CC1)C1CCOC2(CCNCC2)C1.Cl. The highest BCUT2D eigenvalue weighted by Gasteiger charge is 2.44. The molecule has 2 aliphatic heterocycles. The lowest BCUT2D eigenvalue weighted by Gasteiger charge is -2.46. The summed E-state index contributed by atoms with van der Waals surface area (Å²) in [7, 11) is 0. The normalized spacial score (nSPS) is 29.6. The van der Waals surface area contributed by atoms with Crippen LogP contribution in [0.2, 0.25) is 0 Å². The van der Waals surface area contributed by atoms with Crippen LogP contribution in [0.5, 0.6) is 0 Å². The second kappa shape index (κ2) is 5.98. The van der Waals surface area contributed by atoms with Crippen LogP contribution in [0.15, 0.2) is 0 Å². The van der Waals surface area contributed by atoms with Gasteiger partial charge in [-0.1, -0.05) is 0 Å². The molecule has 4 nitrogen and oxygen atoms in total. The van der Waals surface area contributed by atoms with Gasteiger partial charge in [-0.15, -0.1) is 12.4 Å². The molecule has 1 aliphatic carbocycles. The smallest absolute Gasteiger partial charge is 0.219 e. The van der Waals surface area contributed by atoms with E-state index in [4.69, 9.17) is 4.74 Å². The van der Waals surface area contributed by atoms with Crippen molar-refractivity contribution in [3.8, 4) is 0 Å². The Bertz CT molecular complexity index is 322. The van der Waals surface area contributed by atoms with E-state index in [0.29, 0.717) is 12.1 Å². The highest BCUT2D eigenvalue weighted by Crippen LogP contribution is 2.38. The number of nitrogens with one attached hydrogen (secondary N) is 1. The van der Waals surface area contributed by atoms with E-state index in [1.807, 2.05) is 0 Å². The third kappa shape index (κ3) is 3.23. The molecule has 3 rings (SSSR count). The summed E-state index contributed by atoms with van der Waals surface area (Å²) in [4.78, 5) is 14.0. The molecule has 1 unspecified atom stereocenters. The van der Waals surface area contributed by atoms with Crippen LogP contribution in [-0.2, 0) is 9.53 Å². The molecular weight excluding hydrogens is 264 g/mol. The van der Waals surface area contributed by atoms with Crippen molar-refractivity contribution in [2.75, 3.05) is 19.7 Å². The predicted molar refractivity (Wildman–Crippen MR) is 76.6 cm³/mol. The molecular formula is C14H25ClN2O2. The summed E-state index contributed by atoms with van der Waals surface area (Å²) in [6.45, 7) is 4.65. The minimum Gasteiger partial charge on any atom is -0.375 e. The van der Waals surface area contributed by atoms with Crippen molar-refractivity contribution in [1.82, 2.24) is 10.2 Å². The van der Waals surface area contributed by atoms with Gasteiger partial charge in [0.1, 0.15) is 0 Å². The van der Waals surface area contributed by atoms with Gasteiger partial charge in [0.15, 0.2) is 0 Å². The maximum absolute atomic E-state index is 11.9. The summed E-state index contributed by atoms with van der Waals surface area (Å²) in [6, 6.07) is 0.950. The molecule has 0 radical (unpaired) electrons. The summed E-state index contributed by atoms with van der Waals surface area (Å²) in [5, 5.41) is 3.40. The highest BCUT2D eigenvalue weighted by molar-refractivity contribution is 5.85. The first kappa shape index (κ1) is 15.1. The molecule has 3 aliphatic rings. The van der Waals surface area contributed by atoms with E-state index in [2.05, 4.69) is 10.2 Å². The number of nitrogens with zero attached hydrogens (tertiary/aromatic N) is 1. The molecule has 1 N–H and O–H groups in total. The number of halogens is 1. The fourth-order valence-corrected chi connectivity index (χ4v) is 3.64. The van der Waals surface area contributed by atoms with Gasteiger partial charge in [0.2, 0.25) is 5.91 Å². The lowest BCUT2D eigenvalue weighted by atomic mass is 9.82. The first-order valence-electron chi connectivity index (χ1n) is 7.34. The van der Waals surface area contributed by atoms with Gasteiger partial charge in [-0.05, 0) is 51.6 Å². The molecule has 0 aromatic carbocycles. The molecule has 110 valence electrons. The number of carbonyl (C=O) groups is 1. The first-order valence-corrected chi connectivity index (χ1v) is 7.34. The summed E-state index contributed by atoms with van der Waals surface area (Å²) in [5.74, 6) is 0.258. The lowest BCUT2D eigenvalue weighted by molar-refractivity contribution is -0.145. The van der Waals surface area contributed by atoms with E-state index < -0.39 is 0 Å². The predicted octanol–water partition coefficient (Wildman–Crippen LogP) is 1.72. The summed E-state index contributed by atoms with van der Waals surface area (Å²) in [5.41, 5.74) is 0.0523. The summed E-state index contributed by atoms with van der Waals surface area (Å²) in [6.07, 6.45) is 6.66. The van der Waals surface area contributed by atoms with Crippen molar-refractivity contribution < 1.29 is 9.53 Å². The van der Waals surface area contributed by atoms with Crippen molar-refractivity contribution in [2.24, 2.45) is 0 Å². The van der Waals surface area contributed by atoms with Gasteiger partial charge in [-0.2, -0.15) is 0 Å². The van der Waals surface area contributed by atoms with E-state index in [9.17, 15) is 4.79 Å². The molecule has 3 fully saturated rings. The number of amides is 1. The second-order valence-corrected chi connectivity index (χ2v) is 6.09. The van der Waals surface area contributed by atoms with Crippen molar-refractivity contribution in [3.63, 3.8) is 0 Å². The second-order valence-electron chi connectivity index (χ2n) is 6.09. The molecule has 0 bridgehead atoms. The molecule has 0 aromatic rings. The number of rotatable bonds is 2. The standard InChI is InChI=1S/C14H24N2O2.ClH/c1-11(17)16(12-2-3-12)13-4-9-18-14(10-13)5-7-15-8-6-14;/h12-13,15H,2-10H2,1H3;1H. The third-order valence-corrected chi connectivity index (χ3v) is 4.68. The first-order chi connectivity index (χ1) is 8.70. The number of ether oxygens (including phenoxy) is 1. The van der Waals surface area contributed by atoms with Gasteiger partial charge in [0.25, 0.3) is 0 Å². The average Bonchev–Trinajstić information content (AvgIpc) is 3.14. The highest BCUT2D eigenvalue weighted by atomic mass is 35.5.